The van der Waals surface area contributed by atoms with Gasteiger partial charge in [0.15, 0.2) is 0 Å². The van der Waals surface area contributed by atoms with Crippen molar-refractivity contribution in [1.82, 2.24) is 5.32 Å². The van der Waals surface area contributed by atoms with Crippen molar-refractivity contribution in [3.63, 3.8) is 0 Å². The summed E-state index contributed by atoms with van der Waals surface area (Å²) in [4.78, 5) is 25.8. The van der Waals surface area contributed by atoms with Gasteiger partial charge in [0.25, 0.3) is 11.8 Å². The van der Waals surface area contributed by atoms with Gasteiger partial charge in [0, 0.05) is 16.8 Å². The van der Waals surface area contributed by atoms with E-state index in [0.29, 0.717) is 16.8 Å². The molecule has 0 aliphatic rings. The molecule has 0 saturated heterocycles. The van der Waals surface area contributed by atoms with Crippen LogP contribution in [-0.2, 0) is 0 Å². The van der Waals surface area contributed by atoms with Gasteiger partial charge in [-0.15, -0.1) is 0 Å². The molecule has 4 nitrogen and oxygen atoms in total. The van der Waals surface area contributed by atoms with Gasteiger partial charge in [0.1, 0.15) is 0 Å². The molecular formula is C30H24N2O2. The van der Waals surface area contributed by atoms with Gasteiger partial charge in [0.05, 0.1) is 6.04 Å². The molecule has 4 heteroatoms. The number of benzene rings is 5. The van der Waals surface area contributed by atoms with E-state index in [1.807, 2.05) is 67.6 Å². The molecule has 2 amide bonds. The van der Waals surface area contributed by atoms with Crippen LogP contribution >= 0.6 is 0 Å². The Hall–Kier alpha value is -4.44. The highest BCUT2D eigenvalue weighted by atomic mass is 16.2. The van der Waals surface area contributed by atoms with Crippen molar-refractivity contribution in [1.29, 1.82) is 0 Å². The molecule has 5 aromatic carbocycles. The monoisotopic (exact) mass is 444 g/mol. The van der Waals surface area contributed by atoms with Gasteiger partial charge in [0.2, 0.25) is 0 Å². The molecule has 166 valence electrons. The summed E-state index contributed by atoms with van der Waals surface area (Å²) in [6.45, 7) is 1.98. The average molecular weight is 445 g/mol. The lowest BCUT2D eigenvalue weighted by Crippen LogP contribution is -2.27. The van der Waals surface area contributed by atoms with Gasteiger partial charge in [-0.05, 0) is 64.4 Å². The van der Waals surface area contributed by atoms with Crippen molar-refractivity contribution in [2.45, 2.75) is 13.0 Å². The zero-order valence-corrected chi connectivity index (χ0v) is 18.8. The van der Waals surface area contributed by atoms with E-state index < -0.39 is 0 Å². The molecule has 34 heavy (non-hydrogen) atoms. The summed E-state index contributed by atoms with van der Waals surface area (Å²) < 4.78 is 0. The molecule has 0 spiro atoms. The first-order valence-corrected chi connectivity index (χ1v) is 11.3. The molecule has 0 aliphatic carbocycles. The van der Waals surface area contributed by atoms with E-state index in [2.05, 4.69) is 28.8 Å². The highest BCUT2D eigenvalue weighted by molar-refractivity contribution is 6.07. The largest absolute Gasteiger partial charge is 0.345 e. The molecule has 0 heterocycles. The summed E-state index contributed by atoms with van der Waals surface area (Å²) >= 11 is 0. The quantitative estimate of drug-likeness (QED) is 0.315. The molecule has 0 bridgehead atoms. The fourth-order valence-electron chi connectivity index (χ4n) is 4.26. The highest BCUT2D eigenvalue weighted by Gasteiger charge is 2.15. The summed E-state index contributed by atoms with van der Waals surface area (Å²) in [6, 6.07) is 34.6. The Labute approximate surface area is 198 Å². The minimum absolute atomic E-state index is 0.172. The van der Waals surface area contributed by atoms with Crippen molar-refractivity contribution in [3.8, 4) is 0 Å². The maximum absolute atomic E-state index is 13.0. The summed E-state index contributed by atoms with van der Waals surface area (Å²) in [5.74, 6) is -0.408. The zero-order valence-electron chi connectivity index (χ0n) is 18.8. The molecule has 0 unspecified atom stereocenters. The van der Waals surface area contributed by atoms with Crippen LogP contribution in [0.25, 0.3) is 21.5 Å². The van der Waals surface area contributed by atoms with E-state index in [0.717, 1.165) is 27.1 Å². The Morgan fingerprint density at radius 1 is 0.618 bits per heavy atom. The van der Waals surface area contributed by atoms with Crippen LogP contribution < -0.4 is 10.6 Å². The van der Waals surface area contributed by atoms with Crippen LogP contribution in [0.2, 0.25) is 0 Å². The minimum Gasteiger partial charge on any atom is -0.345 e. The van der Waals surface area contributed by atoms with Crippen LogP contribution in [-0.4, -0.2) is 11.8 Å². The number of rotatable bonds is 5. The maximum atomic E-state index is 13.0. The van der Waals surface area contributed by atoms with Crippen LogP contribution in [0.4, 0.5) is 5.69 Å². The van der Waals surface area contributed by atoms with Gasteiger partial charge < -0.3 is 10.6 Å². The molecule has 0 aliphatic heterocycles. The zero-order chi connectivity index (χ0) is 23.5. The predicted molar refractivity (Wildman–Crippen MR) is 138 cm³/mol. The number of nitrogens with one attached hydrogen (secondary N) is 2. The normalized spacial score (nSPS) is 11.8. The number of carbonyl (C=O) groups is 2. The Morgan fingerprint density at radius 2 is 1.29 bits per heavy atom. The molecule has 0 fully saturated rings. The first-order valence-electron chi connectivity index (χ1n) is 11.3. The fraction of sp³-hybridized carbons (Fsp3) is 0.0667. The van der Waals surface area contributed by atoms with E-state index in [4.69, 9.17) is 0 Å². The molecular weight excluding hydrogens is 420 g/mol. The third-order valence-electron chi connectivity index (χ3n) is 6.03. The van der Waals surface area contributed by atoms with Crippen LogP contribution in [0.15, 0.2) is 109 Å². The lowest BCUT2D eigenvalue weighted by Gasteiger charge is -2.17. The number of anilines is 1. The Kier molecular flexibility index (Phi) is 5.79. The third kappa shape index (κ3) is 4.39. The van der Waals surface area contributed by atoms with Gasteiger partial charge in [-0.3, -0.25) is 9.59 Å². The molecule has 5 rings (SSSR count). The second kappa shape index (κ2) is 9.20. The highest BCUT2D eigenvalue weighted by Crippen LogP contribution is 2.24. The topological polar surface area (TPSA) is 58.2 Å². The summed E-state index contributed by atoms with van der Waals surface area (Å²) in [6.07, 6.45) is 0. The smallest absolute Gasteiger partial charge is 0.255 e. The number of amides is 2. The van der Waals surface area contributed by atoms with Gasteiger partial charge in [-0.25, -0.2) is 0 Å². The average Bonchev–Trinajstić information content (AvgIpc) is 2.88. The summed E-state index contributed by atoms with van der Waals surface area (Å²) in [5.41, 5.74) is 2.69. The second-order valence-electron chi connectivity index (χ2n) is 8.36. The van der Waals surface area contributed by atoms with E-state index in [-0.39, 0.29) is 17.9 Å². The SMILES string of the molecule is C[C@H](NC(=O)c1cccc(NC(=O)c2ccc3ccccc3c2)c1)c1cccc2ccccc12. The third-order valence-corrected chi connectivity index (χ3v) is 6.03. The van der Waals surface area contributed by atoms with E-state index in [1.165, 1.54) is 0 Å². The van der Waals surface area contributed by atoms with Crippen LogP contribution in [0.3, 0.4) is 0 Å². The Balaban J connectivity index is 1.32. The van der Waals surface area contributed by atoms with Crippen molar-refractivity contribution < 1.29 is 9.59 Å². The summed E-state index contributed by atoms with van der Waals surface area (Å²) in [7, 11) is 0. The number of hydrogen-bond acceptors (Lipinski definition) is 2. The lowest BCUT2D eigenvalue weighted by atomic mass is 9.99. The van der Waals surface area contributed by atoms with Gasteiger partial charge in [-0.2, -0.15) is 0 Å². The first-order chi connectivity index (χ1) is 16.6. The van der Waals surface area contributed by atoms with Crippen molar-refractivity contribution in [2.24, 2.45) is 0 Å². The Morgan fingerprint density at radius 3 is 2.15 bits per heavy atom. The molecule has 0 saturated carbocycles. The molecule has 0 radical (unpaired) electrons. The standard InChI is InChI=1S/C30H24N2O2/c1-20(27-15-7-11-22-9-4-5-14-28(22)27)31-29(33)24-12-6-13-26(19-24)32-30(34)25-17-16-21-8-2-3-10-23(21)18-25/h2-20H,1H3,(H,31,33)(H,32,34)/t20-/m0/s1. The van der Waals surface area contributed by atoms with Crippen molar-refractivity contribution in [2.75, 3.05) is 5.32 Å². The first kappa shape index (κ1) is 21.4. The number of hydrogen-bond donors (Lipinski definition) is 2. The molecule has 5 aromatic rings. The van der Waals surface area contributed by atoms with Crippen LogP contribution in [0, 0.1) is 0 Å². The van der Waals surface area contributed by atoms with Gasteiger partial charge in [-0.1, -0.05) is 78.9 Å². The van der Waals surface area contributed by atoms with Crippen LogP contribution in [0.1, 0.15) is 39.2 Å². The Bertz CT molecular complexity index is 1520. The van der Waals surface area contributed by atoms with E-state index in [1.54, 1.807) is 30.3 Å². The number of fused-ring (bicyclic) bond motifs is 2. The summed E-state index contributed by atoms with van der Waals surface area (Å²) in [5, 5.41) is 10.3. The van der Waals surface area contributed by atoms with E-state index in [9.17, 15) is 9.59 Å². The minimum atomic E-state index is -0.215. The van der Waals surface area contributed by atoms with Gasteiger partial charge >= 0.3 is 0 Å². The molecule has 0 aromatic heterocycles. The maximum Gasteiger partial charge on any atom is 0.255 e. The fourth-order valence-corrected chi connectivity index (χ4v) is 4.26. The van der Waals surface area contributed by atoms with Crippen LogP contribution in [0.5, 0.6) is 0 Å². The molecule has 1 atom stereocenters. The molecule has 2 N–H and O–H groups in total. The number of carbonyl (C=O) groups excluding carboxylic acids is 2. The van der Waals surface area contributed by atoms with E-state index >= 15 is 0 Å². The second-order valence-corrected chi connectivity index (χ2v) is 8.36. The van der Waals surface area contributed by atoms with Crippen molar-refractivity contribution in [3.05, 3.63) is 126 Å². The lowest BCUT2D eigenvalue weighted by molar-refractivity contribution is 0.0939. The van der Waals surface area contributed by atoms with Crippen molar-refractivity contribution >= 4 is 39.0 Å². The predicted octanol–water partition coefficient (Wildman–Crippen LogP) is 6.74.